The van der Waals surface area contributed by atoms with Crippen LogP contribution in [0.1, 0.15) is 46.0 Å². The first-order valence-electron chi connectivity index (χ1n) is 6.69. The van der Waals surface area contributed by atoms with Crippen LogP contribution in [-0.4, -0.2) is 30.9 Å². The molecular weight excluding hydrogens is 232 g/mol. The quantitative estimate of drug-likeness (QED) is 0.742. The minimum absolute atomic E-state index is 0.295. The van der Waals surface area contributed by atoms with Crippen molar-refractivity contribution in [2.75, 3.05) is 13.7 Å². The molecule has 17 heavy (non-hydrogen) atoms. The molecule has 1 unspecified atom stereocenters. The van der Waals surface area contributed by atoms with Crippen LogP contribution in [0.5, 0.6) is 0 Å². The van der Waals surface area contributed by atoms with E-state index >= 15 is 0 Å². The molecule has 2 N–H and O–H groups in total. The Morgan fingerprint density at radius 2 is 1.94 bits per heavy atom. The van der Waals surface area contributed by atoms with Crippen LogP contribution in [0, 0.1) is 5.92 Å². The van der Waals surface area contributed by atoms with Gasteiger partial charge < -0.3 is 15.4 Å². The van der Waals surface area contributed by atoms with Gasteiger partial charge in [-0.15, -0.1) is 0 Å². The highest BCUT2D eigenvalue weighted by atomic mass is 32.1. The third-order valence-corrected chi connectivity index (χ3v) is 3.64. The van der Waals surface area contributed by atoms with E-state index < -0.39 is 0 Å². The minimum atomic E-state index is 0.295. The Morgan fingerprint density at radius 1 is 1.29 bits per heavy atom. The Kier molecular flexibility index (Phi) is 6.82. The summed E-state index contributed by atoms with van der Waals surface area (Å²) in [6.45, 7) is 5.06. The second-order valence-corrected chi connectivity index (χ2v) is 5.67. The molecule has 0 radical (unpaired) electrons. The molecule has 0 aliphatic heterocycles. The van der Waals surface area contributed by atoms with Crippen molar-refractivity contribution in [3.8, 4) is 0 Å². The summed E-state index contributed by atoms with van der Waals surface area (Å²) in [5.74, 6) is 0.515. The van der Waals surface area contributed by atoms with Gasteiger partial charge in [-0.1, -0.05) is 33.1 Å². The monoisotopic (exact) mass is 258 g/mol. The average molecular weight is 258 g/mol. The Hall–Kier alpha value is -0.350. The van der Waals surface area contributed by atoms with Crippen LogP contribution in [0.4, 0.5) is 0 Å². The molecule has 0 aromatic rings. The van der Waals surface area contributed by atoms with E-state index in [2.05, 4.69) is 24.5 Å². The van der Waals surface area contributed by atoms with E-state index in [0.29, 0.717) is 24.6 Å². The Bertz CT molecular complexity index is 227. The summed E-state index contributed by atoms with van der Waals surface area (Å²) in [6.07, 6.45) is 6.52. The summed E-state index contributed by atoms with van der Waals surface area (Å²) in [4.78, 5) is 0. The summed E-state index contributed by atoms with van der Waals surface area (Å²) in [7, 11) is 1.73. The fourth-order valence-corrected chi connectivity index (χ4v) is 2.54. The molecule has 0 spiro atoms. The van der Waals surface area contributed by atoms with Crippen molar-refractivity contribution in [3.63, 3.8) is 0 Å². The number of nitrogens with one attached hydrogen (secondary N) is 2. The normalized spacial score (nSPS) is 19.1. The molecular formula is C13H26N2OS. The third kappa shape index (κ3) is 5.68. The Morgan fingerprint density at radius 3 is 2.47 bits per heavy atom. The Labute approximate surface area is 111 Å². The topological polar surface area (TPSA) is 33.3 Å². The van der Waals surface area contributed by atoms with E-state index in [1.807, 2.05) is 0 Å². The lowest BCUT2D eigenvalue weighted by Crippen LogP contribution is -2.49. The highest BCUT2D eigenvalue weighted by Gasteiger charge is 2.17. The van der Waals surface area contributed by atoms with Gasteiger partial charge in [-0.3, -0.25) is 0 Å². The predicted octanol–water partition coefficient (Wildman–Crippen LogP) is 2.45. The van der Waals surface area contributed by atoms with E-state index in [4.69, 9.17) is 17.0 Å². The van der Waals surface area contributed by atoms with Gasteiger partial charge in [0.05, 0.1) is 12.6 Å². The molecule has 0 heterocycles. The van der Waals surface area contributed by atoms with Crippen LogP contribution in [0.15, 0.2) is 0 Å². The summed E-state index contributed by atoms with van der Waals surface area (Å²) in [5.41, 5.74) is 0. The number of hydrogen-bond acceptors (Lipinski definition) is 2. The van der Waals surface area contributed by atoms with Gasteiger partial charge in [0.2, 0.25) is 0 Å². The smallest absolute Gasteiger partial charge is 0.166 e. The van der Waals surface area contributed by atoms with Crippen molar-refractivity contribution in [1.29, 1.82) is 0 Å². The lowest BCUT2D eigenvalue weighted by atomic mass is 9.96. The van der Waals surface area contributed by atoms with Gasteiger partial charge in [-0.05, 0) is 31.0 Å². The lowest BCUT2D eigenvalue weighted by Gasteiger charge is -2.28. The molecule has 0 aromatic carbocycles. The average Bonchev–Trinajstić information content (AvgIpc) is 2.29. The van der Waals surface area contributed by atoms with E-state index in [9.17, 15) is 0 Å². The van der Waals surface area contributed by atoms with Gasteiger partial charge in [-0.2, -0.15) is 0 Å². The van der Waals surface area contributed by atoms with Gasteiger partial charge in [0.25, 0.3) is 0 Å². The van der Waals surface area contributed by atoms with Crippen molar-refractivity contribution >= 4 is 17.3 Å². The van der Waals surface area contributed by atoms with E-state index in [0.717, 1.165) is 5.11 Å². The molecule has 0 aromatic heterocycles. The SMILES string of the molecule is COCC(NC(=S)NC1CCCCC1)C(C)C. The molecule has 0 bridgehead atoms. The molecule has 100 valence electrons. The maximum Gasteiger partial charge on any atom is 0.166 e. The summed E-state index contributed by atoms with van der Waals surface area (Å²) < 4.78 is 5.21. The van der Waals surface area contributed by atoms with Crippen molar-refractivity contribution in [3.05, 3.63) is 0 Å². The number of rotatable bonds is 5. The fraction of sp³-hybridized carbons (Fsp3) is 0.923. The molecule has 1 saturated carbocycles. The molecule has 4 heteroatoms. The highest BCUT2D eigenvalue weighted by molar-refractivity contribution is 7.80. The number of hydrogen-bond donors (Lipinski definition) is 2. The molecule has 0 amide bonds. The minimum Gasteiger partial charge on any atom is -0.383 e. The van der Waals surface area contributed by atoms with Crippen molar-refractivity contribution in [1.82, 2.24) is 10.6 Å². The molecule has 1 aliphatic rings. The number of thiocarbonyl (C=S) groups is 1. The Balaban J connectivity index is 2.30. The zero-order chi connectivity index (χ0) is 12.7. The van der Waals surface area contributed by atoms with Gasteiger partial charge in [0.15, 0.2) is 5.11 Å². The van der Waals surface area contributed by atoms with Crippen LogP contribution in [0.25, 0.3) is 0 Å². The summed E-state index contributed by atoms with van der Waals surface area (Å²) in [5, 5.41) is 7.57. The van der Waals surface area contributed by atoms with Crippen molar-refractivity contribution in [2.24, 2.45) is 5.92 Å². The summed E-state index contributed by atoms with van der Waals surface area (Å²) >= 11 is 5.37. The van der Waals surface area contributed by atoms with Gasteiger partial charge in [0, 0.05) is 13.2 Å². The van der Waals surface area contributed by atoms with Gasteiger partial charge >= 0.3 is 0 Å². The van der Waals surface area contributed by atoms with Crippen LogP contribution in [-0.2, 0) is 4.74 Å². The lowest BCUT2D eigenvalue weighted by molar-refractivity contribution is 0.156. The second-order valence-electron chi connectivity index (χ2n) is 5.26. The first-order valence-corrected chi connectivity index (χ1v) is 7.10. The molecule has 3 nitrogen and oxygen atoms in total. The largest absolute Gasteiger partial charge is 0.383 e. The van der Waals surface area contributed by atoms with Crippen LogP contribution < -0.4 is 10.6 Å². The number of methoxy groups -OCH3 is 1. The molecule has 1 fully saturated rings. The van der Waals surface area contributed by atoms with Crippen molar-refractivity contribution < 1.29 is 4.74 Å². The molecule has 1 aliphatic carbocycles. The van der Waals surface area contributed by atoms with E-state index in [1.54, 1.807) is 7.11 Å². The first-order chi connectivity index (χ1) is 8.13. The molecule has 1 rings (SSSR count). The zero-order valence-corrected chi connectivity index (χ0v) is 12.1. The molecule has 1 atom stereocenters. The van der Waals surface area contributed by atoms with E-state index in [-0.39, 0.29) is 0 Å². The first kappa shape index (κ1) is 14.7. The maximum absolute atomic E-state index is 5.37. The van der Waals surface area contributed by atoms with Gasteiger partial charge in [0.1, 0.15) is 0 Å². The maximum atomic E-state index is 5.37. The highest BCUT2D eigenvalue weighted by Crippen LogP contribution is 2.17. The fourth-order valence-electron chi connectivity index (χ4n) is 2.22. The molecule has 0 saturated heterocycles. The second kappa shape index (κ2) is 7.88. The number of ether oxygens (including phenoxy) is 1. The van der Waals surface area contributed by atoms with Crippen LogP contribution >= 0.6 is 12.2 Å². The van der Waals surface area contributed by atoms with Crippen LogP contribution in [0.3, 0.4) is 0 Å². The third-order valence-electron chi connectivity index (χ3n) is 3.41. The summed E-state index contributed by atoms with van der Waals surface area (Å²) in [6, 6.07) is 0.864. The zero-order valence-electron chi connectivity index (χ0n) is 11.3. The van der Waals surface area contributed by atoms with Gasteiger partial charge in [-0.25, -0.2) is 0 Å². The predicted molar refractivity (Wildman–Crippen MR) is 76.2 cm³/mol. The van der Waals surface area contributed by atoms with Crippen molar-refractivity contribution in [2.45, 2.75) is 58.0 Å². The standard InChI is InChI=1S/C13H26N2OS/c1-10(2)12(9-16-3)15-13(17)14-11-7-5-4-6-8-11/h10-12H,4-9H2,1-3H3,(H2,14,15,17). The van der Waals surface area contributed by atoms with Crippen LogP contribution in [0.2, 0.25) is 0 Å². The van der Waals surface area contributed by atoms with E-state index in [1.165, 1.54) is 32.1 Å².